The Balaban J connectivity index is 2.34. The van der Waals surface area contributed by atoms with Crippen molar-refractivity contribution < 1.29 is 0 Å². The third-order valence-corrected chi connectivity index (χ3v) is 4.22. The third kappa shape index (κ3) is 2.29. The molecule has 1 fully saturated rings. The molecule has 3 rings (SSSR count). The van der Waals surface area contributed by atoms with Gasteiger partial charge in [-0.05, 0) is 25.8 Å². The number of aromatic nitrogens is 4. The first-order valence-electron chi connectivity index (χ1n) is 7.95. The van der Waals surface area contributed by atoms with Crippen LogP contribution in [0.4, 0.5) is 0 Å². The predicted molar refractivity (Wildman–Crippen MR) is 85.3 cm³/mol. The van der Waals surface area contributed by atoms with Gasteiger partial charge < -0.3 is 9.88 Å². The van der Waals surface area contributed by atoms with E-state index in [2.05, 4.69) is 24.1 Å². The van der Waals surface area contributed by atoms with Crippen molar-refractivity contribution >= 4 is 11.2 Å². The summed E-state index contributed by atoms with van der Waals surface area (Å²) in [5.41, 5.74) is 0.594. The molecule has 1 N–H and O–H groups in total. The first-order valence-corrected chi connectivity index (χ1v) is 7.95. The zero-order valence-electron chi connectivity index (χ0n) is 13.4. The van der Waals surface area contributed by atoms with Crippen LogP contribution < -0.4 is 16.6 Å². The molecule has 0 bridgehead atoms. The molecule has 2 aromatic rings. The molecule has 7 nitrogen and oxygen atoms in total. The Bertz CT molecular complexity index is 793. The number of nitrogens with one attached hydrogen (secondary N) is 1. The normalized spacial score (nSPS) is 18.6. The molecule has 1 aliphatic rings. The second-order valence-electron chi connectivity index (χ2n) is 6.31. The first kappa shape index (κ1) is 15.0. The molecule has 1 atom stereocenters. The van der Waals surface area contributed by atoms with Gasteiger partial charge in [-0.15, -0.1) is 0 Å². The lowest BCUT2D eigenvalue weighted by Gasteiger charge is -2.17. The lowest BCUT2D eigenvalue weighted by Crippen LogP contribution is -2.43. The maximum atomic E-state index is 12.9. The Labute approximate surface area is 128 Å². The zero-order valence-corrected chi connectivity index (χ0v) is 13.4. The van der Waals surface area contributed by atoms with Crippen molar-refractivity contribution in [3.8, 4) is 0 Å². The smallest absolute Gasteiger partial charge is 0.325 e. The van der Waals surface area contributed by atoms with E-state index in [4.69, 9.17) is 0 Å². The van der Waals surface area contributed by atoms with Crippen molar-refractivity contribution in [1.29, 1.82) is 0 Å². The highest BCUT2D eigenvalue weighted by atomic mass is 16.2. The summed E-state index contributed by atoms with van der Waals surface area (Å²) >= 11 is 0. The summed E-state index contributed by atoms with van der Waals surface area (Å²) in [7, 11) is 0. The second-order valence-corrected chi connectivity index (χ2v) is 6.31. The van der Waals surface area contributed by atoms with E-state index in [1.54, 1.807) is 10.9 Å². The van der Waals surface area contributed by atoms with Crippen molar-refractivity contribution in [3.05, 3.63) is 27.2 Å². The Morgan fingerprint density at radius 1 is 1.41 bits per heavy atom. The van der Waals surface area contributed by atoms with E-state index in [0.29, 0.717) is 36.7 Å². The molecular formula is C15H23N5O2. The van der Waals surface area contributed by atoms with Crippen LogP contribution in [0.5, 0.6) is 0 Å². The van der Waals surface area contributed by atoms with Crippen LogP contribution in [0.25, 0.3) is 11.2 Å². The Morgan fingerprint density at radius 3 is 2.77 bits per heavy atom. The number of hydrogen-bond donors (Lipinski definition) is 1. The van der Waals surface area contributed by atoms with E-state index in [1.165, 1.54) is 4.57 Å². The Kier molecular flexibility index (Phi) is 3.90. The molecule has 0 aromatic carbocycles. The van der Waals surface area contributed by atoms with Gasteiger partial charge in [0.1, 0.15) is 0 Å². The molecule has 3 heterocycles. The SMILES string of the molecule is CCn1cnc2c1c(=O)n(C1CCNC1)c(=O)n2CC(C)C. The topological polar surface area (TPSA) is 73.8 Å². The van der Waals surface area contributed by atoms with Gasteiger partial charge in [0, 0.05) is 19.6 Å². The molecule has 1 unspecified atom stereocenters. The van der Waals surface area contributed by atoms with Crippen LogP contribution in [0, 0.1) is 5.92 Å². The van der Waals surface area contributed by atoms with Gasteiger partial charge in [-0.25, -0.2) is 9.78 Å². The molecule has 0 aliphatic carbocycles. The molecule has 0 amide bonds. The van der Waals surface area contributed by atoms with Gasteiger partial charge in [0.2, 0.25) is 0 Å². The number of rotatable bonds is 4. The largest absolute Gasteiger partial charge is 0.333 e. The fourth-order valence-corrected chi connectivity index (χ4v) is 3.16. The minimum absolute atomic E-state index is 0.0666. The molecule has 1 saturated heterocycles. The molecule has 0 spiro atoms. The first-order chi connectivity index (χ1) is 10.5. The number of imidazole rings is 1. The van der Waals surface area contributed by atoms with Crippen LogP contribution in [0.15, 0.2) is 15.9 Å². The Morgan fingerprint density at radius 2 is 2.18 bits per heavy atom. The molecule has 0 radical (unpaired) electrons. The molecule has 0 saturated carbocycles. The summed E-state index contributed by atoms with van der Waals surface area (Å²) in [5, 5.41) is 3.23. The molecule has 120 valence electrons. The minimum Gasteiger partial charge on any atom is -0.325 e. The van der Waals surface area contributed by atoms with E-state index in [1.807, 2.05) is 11.5 Å². The molecule has 22 heavy (non-hydrogen) atoms. The standard InChI is InChI=1S/C15H23N5O2/c1-4-18-9-17-13-12(18)14(21)20(11-5-6-16-7-11)15(22)19(13)8-10(2)3/h9-11,16H,4-8H2,1-3H3. The highest BCUT2D eigenvalue weighted by Gasteiger charge is 2.25. The average Bonchev–Trinajstić information content (AvgIpc) is 3.12. The molecule has 1 aliphatic heterocycles. The number of fused-ring (bicyclic) bond motifs is 1. The van der Waals surface area contributed by atoms with Gasteiger partial charge >= 0.3 is 5.69 Å². The summed E-state index contributed by atoms with van der Waals surface area (Å²) in [6, 6.07) is -0.0666. The van der Waals surface area contributed by atoms with Crippen molar-refractivity contribution in [2.24, 2.45) is 5.92 Å². The minimum atomic E-state index is -0.235. The highest BCUT2D eigenvalue weighted by Crippen LogP contribution is 2.14. The van der Waals surface area contributed by atoms with E-state index in [0.717, 1.165) is 13.0 Å². The van der Waals surface area contributed by atoms with Crippen molar-refractivity contribution in [2.45, 2.75) is 46.3 Å². The summed E-state index contributed by atoms with van der Waals surface area (Å²) in [5.74, 6) is 0.306. The fourth-order valence-electron chi connectivity index (χ4n) is 3.16. The summed E-state index contributed by atoms with van der Waals surface area (Å²) in [6.07, 6.45) is 2.46. The van der Waals surface area contributed by atoms with Gasteiger partial charge in [-0.1, -0.05) is 13.8 Å². The van der Waals surface area contributed by atoms with Crippen molar-refractivity contribution in [1.82, 2.24) is 24.0 Å². The van der Waals surface area contributed by atoms with Crippen LogP contribution in [0.1, 0.15) is 33.2 Å². The van der Waals surface area contributed by atoms with E-state index in [9.17, 15) is 9.59 Å². The van der Waals surface area contributed by atoms with Crippen LogP contribution >= 0.6 is 0 Å². The van der Waals surface area contributed by atoms with Crippen LogP contribution in [-0.2, 0) is 13.1 Å². The summed E-state index contributed by atoms with van der Waals surface area (Å²) in [6.45, 7) is 8.82. The monoisotopic (exact) mass is 305 g/mol. The number of hydrogen-bond acceptors (Lipinski definition) is 4. The van der Waals surface area contributed by atoms with Gasteiger partial charge in [0.15, 0.2) is 11.2 Å². The van der Waals surface area contributed by atoms with Crippen LogP contribution in [0.2, 0.25) is 0 Å². The van der Waals surface area contributed by atoms with Gasteiger partial charge in [-0.2, -0.15) is 0 Å². The second kappa shape index (κ2) is 5.72. The van der Waals surface area contributed by atoms with E-state index < -0.39 is 0 Å². The number of nitrogens with zero attached hydrogens (tertiary/aromatic N) is 4. The molecular weight excluding hydrogens is 282 g/mol. The van der Waals surface area contributed by atoms with Gasteiger partial charge in [0.05, 0.1) is 12.4 Å². The third-order valence-electron chi connectivity index (χ3n) is 4.22. The van der Waals surface area contributed by atoms with E-state index >= 15 is 0 Å². The van der Waals surface area contributed by atoms with Gasteiger partial charge in [-0.3, -0.25) is 13.9 Å². The Hall–Kier alpha value is -1.89. The lowest BCUT2D eigenvalue weighted by atomic mass is 10.2. The molecule has 2 aromatic heterocycles. The zero-order chi connectivity index (χ0) is 15.9. The number of aryl methyl sites for hydroxylation is 1. The average molecular weight is 305 g/mol. The maximum Gasteiger partial charge on any atom is 0.333 e. The maximum absolute atomic E-state index is 12.9. The van der Waals surface area contributed by atoms with E-state index in [-0.39, 0.29) is 17.3 Å². The van der Waals surface area contributed by atoms with Crippen LogP contribution in [0.3, 0.4) is 0 Å². The fraction of sp³-hybridized carbons (Fsp3) is 0.667. The molecule has 7 heteroatoms. The van der Waals surface area contributed by atoms with Crippen LogP contribution in [-0.4, -0.2) is 31.8 Å². The highest BCUT2D eigenvalue weighted by molar-refractivity contribution is 5.70. The van der Waals surface area contributed by atoms with Crippen molar-refractivity contribution in [2.75, 3.05) is 13.1 Å². The van der Waals surface area contributed by atoms with Gasteiger partial charge in [0.25, 0.3) is 5.56 Å². The summed E-state index contributed by atoms with van der Waals surface area (Å²) < 4.78 is 4.91. The predicted octanol–water partition coefficient (Wildman–Crippen LogP) is 0.570. The summed E-state index contributed by atoms with van der Waals surface area (Å²) in [4.78, 5) is 30.1. The van der Waals surface area contributed by atoms with Crippen molar-refractivity contribution in [3.63, 3.8) is 0 Å². The lowest BCUT2D eigenvalue weighted by molar-refractivity contribution is 0.449. The quantitative estimate of drug-likeness (QED) is 0.896.